The predicted molar refractivity (Wildman–Crippen MR) is 86.4 cm³/mol. The lowest BCUT2D eigenvalue weighted by molar-refractivity contribution is -0.148. The third-order valence-corrected chi connectivity index (χ3v) is 4.24. The highest BCUT2D eigenvalue weighted by molar-refractivity contribution is 5.69. The molecule has 0 aromatic carbocycles. The van der Waals surface area contributed by atoms with Crippen molar-refractivity contribution in [3.05, 3.63) is 0 Å². The van der Waals surface area contributed by atoms with E-state index in [2.05, 4.69) is 6.92 Å². The fraction of sp³-hybridized carbons (Fsp3) is 0.944. The predicted octanol–water partition coefficient (Wildman–Crippen LogP) is 5.02. The third kappa shape index (κ3) is 9.89. The summed E-state index contributed by atoms with van der Waals surface area (Å²) in [4.78, 5) is 11.7. The first-order valence-corrected chi connectivity index (χ1v) is 9.03. The van der Waals surface area contributed by atoms with Crippen molar-refractivity contribution in [2.75, 3.05) is 6.61 Å². The standard InChI is InChI=1S/C18H34O3/c1-3-4-5-6-7-8-9-12-18(19)21-16(2)13-14-17-11-10-15-20-17/h16-17H,3-15H2,1-2H3. The molecule has 3 heteroatoms. The minimum absolute atomic E-state index is 0.0246. The lowest BCUT2D eigenvalue weighted by Gasteiger charge is -2.15. The third-order valence-electron chi connectivity index (χ3n) is 4.24. The molecule has 0 aromatic heterocycles. The second-order valence-electron chi connectivity index (χ2n) is 6.38. The Morgan fingerprint density at radius 1 is 1.19 bits per heavy atom. The number of hydrogen-bond donors (Lipinski definition) is 0. The van der Waals surface area contributed by atoms with Crippen molar-refractivity contribution in [2.24, 2.45) is 0 Å². The fourth-order valence-corrected chi connectivity index (χ4v) is 2.86. The zero-order chi connectivity index (χ0) is 15.3. The maximum absolute atomic E-state index is 11.7. The largest absolute Gasteiger partial charge is 0.463 e. The van der Waals surface area contributed by atoms with Gasteiger partial charge in [-0.15, -0.1) is 0 Å². The van der Waals surface area contributed by atoms with Gasteiger partial charge < -0.3 is 9.47 Å². The van der Waals surface area contributed by atoms with Gasteiger partial charge in [0, 0.05) is 13.0 Å². The van der Waals surface area contributed by atoms with Crippen LogP contribution in [-0.2, 0) is 14.3 Å². The van der Waals surface area contributed by atoms with Gasteiger partial charge in [0.2, 0.25) is 0 Å². The Balaban J connectivity index is 1.91. The van der Waals surface area contributed by atoms with Crippen molar-refractivity contribution in [3.8, 4) is 0 Å². The molecule has 0 saturated carbocycles. The Labute approximate surface area is 130 Å². The van der Waals surface area contributed by atoms with Gasteiger partial charge in [0.25, 0.3) is 0 Å². The Bertz CT molecular complexity index is 259. The molecule has 0 bridgehead atoms. The van der Waals surface area contributed by atoms with E-state index in [1.807, 2.05) is 6.92 Å². The molecule has 0 spiro atoms. The molecule has 1 rings (SSSR count). The van der Waals surface area contributed by atoms with Crippen molar-refractivity contribution in [3.63, 3.8) is 0 Å². The SMILES string of the molecule is CCCCCCCCCC(=O)OC(C)CCC1CCCO1. The molecule has 0 aromatic rings. The van der Waals surface area contributed by atoms with Crippen molar-refractivity contribution in [1.29, 1.82) is 0 Å². The molecule has 1 aliphatic heterocycles. The van der Waals surface area contributed by atoms with Crippen LogP contribution in [0.3, 0.4) is 0 Å². The quantitative estimate of drug-likeness (QED) is 0.375. The Kier molecular flexibility index (Phi) is 10.6. The molecule has 0 N–H and O–H groups in total. The molecule has 2 atom stereocenters. The monoisotopic (exact) mass is 298 g/mol. The first kappa shape index (κ1) is 18.5. The summed E-state index contributed by atoms with van der Waals surface area (Å²) in [6.45, 7) is 5.13. The molecule has 1 heterocycles. The zero-order valence-electron chi connectivity index (χ0n) is 14.1. The topological polar surface area (TPSA) is 35.5 Å². The number of esters is 1. The summed E-state index contributed by atoms with van der Waals surface area (Å²) >= 11 is 0. The Morgan fingerprint density at radius 3 is 2.57 bits per heavy atom. The van der Waals surface area contributed by atoms with Crippen LogP contribution in [-0.4, -0.2) is 24.8 Å². The highest BCUT2D eigenvalue weighted by Crippen LogP contribution is 2.18. The van der Waals surface area contributed by atoms with Crippen LogP contribution in [0.15, 0.2) is 0 Å². The minimum atomic E-state index is -0.0246. The van der Waals surface area contributed by atoms with Crippen LogP contribution in [0.4, 0.5) is 0 Å². The lowest BCUT2D eigenvalue weighted by atomic mass is 10.1. The van der Waals surface area contributed by atoms with Gasteiger partial charge in [0.1, 0.15) is 0 Å². The molecule has 0 aliphatic carbocycles. The summed E-state index contributed by atoms with van der Waals surface area (Å²) in [5, 5.41) is 0. The summed E-state index contributed by atoms with van der Waals surface area (Å²) in [5.74, 6) is -0.0246. The average molecular weight is 298 g/mol. The minimum Gasteiger partial charge on any atom is -0.463 e. The van der Waals surface area contributed by atoms with Gasteiger partial charge in [-0.2, -0.15) is 0 Å². The van der Waals surface area contributed by atoms with Gasteiger partial charge >= 0.3 is 5.97 Å². The number of rotatable bonds is 12. The van der Waals surface area contributed by atoms with E-state index in [9.17, 15) is 4.79 Å². The van der Waals surface area contributed by atoms with Crippen LogP contribution < -0.4 is 0 Å². The van der Waals surface area contributed by atoms with Crippen LogP contribution in [0.1, 0.15) is 90.9 Å². The summed E-state index contributed by atoms with van der Waals surface area (Å²) in [6.07, 6.45) is 13.9. The van der Waals surface area contributed by atoms with E-state index < -0.39 is 0 Å². The Hall–Kier alpha value is -0.570. The van der Waals surface area contributed by atoms with E-state index in [0.717, 1.165) is 32.3 Å². The van der Waals surface area contributed by atoms with E-state index in [0.29, 0.717) is 12.5 Å². The molecule has 3 nitrogen and oxygen atoms in total. The highest BCUT2D eigenvalue weighted by Gasteiger charge is 2.17. The molecular weight excluding hydrogens is 264 g/mol. The van der Waals surface area contributed by atoms with Gasteiger partial charge in [0.05, 0.1) is 12.2 Å². The van der Waals surface area contributed by atoms with Gasteiger partial charge in [-0.1, -0.05) is 45.4 Å². The second kappa shape index (κ2) is 12.0. The van der Waals surface area contributed by atoms with E-state index in [-0.39, 0.29) is 12.1 Å². The van der Waals surface area contributed by atoms with Crippen LogP contribution >= 0.6 is 0 Å². The molecule has 1 saturated heterocycles. The molecule has 1 aliphatic rings. The molecular formula is C18H34O3. The van der Waals surface area contributed by atoms with E-state index >= 15 is 0 Å². The maximum atomic E-state index is 11.7. The smallest absolute Gasteiger partial charge is 0.306 e. The summed E-state index contributed by atoms with van der Waals surface area (Å²) < 4.78 is 11.0. The highest BCUT2D eigenvalue weighted by atomic mass is 16.5. The van der Waals surface area contributed by atoms with Gasteiger partial charge in [-0.25, -0.2) is 0 Å². The van der Waals surface area contributed by atoms with Crippen LogP contribution in [0.25, 0.3) is 0 Å². The normalized spacial score (nSPS) is 19.6. The van der Waals surface area contributed by atoms with Crippen LogP contribution in [0, 0.1) is 0 Å². The van der Waals surface area contributed by atoms with E-state index in [1.165, 1.54) is 44.9 Å². The lowest BCUT2D eigenvalue weighted by Crippen LogP contribution is -2.17. The molecule has 124 valence electrons. The average Bonchev–Trinajstić information content (AvgIpc) is 2.97. The second-order valence-corrected chi connectivity index (χ2v) is 6.38. The number of unbranched alkanes of at least 4 members (excludes halogenated alkanes) is 6. The molecule has 21 heavy (non-hydrogen) atoms. The molecule has 0 radical (unpaired) electrons. The summed E-state index contributed by atoms with van der Waals surface area (Å²) in [7, 11) is 0. The van der Waals surface area contributed by atoms with Crippen molar-refractivity contribution in [2.45, 2.75) is 103 Å². The molecule has 2 unspecified atom stereocenters. The van der Waals surface area contributed by atoms with Crippen molar-refractivity contribution >= 4 is 5.97 Å². The van der Waals surface area contributed by atoms with E-state index in [4.69, 9.17) is 9.47 Å². The number of hydrogen-bond acceptors (Lipinski definition) is 3. The number of carbonyl (C=O) groups excluding carboxylic acids is 1. The van der Waals surface area contributed by atoms with Crippen LogP contribution in [0.5, 0.6) is 0 Å². The van der Waals surface area contributed by atoms with Crippen LogP contribution in [0.2, 0.25) is 0 Å². The first-order valence-electron chi connectivity index (χ1n) is 9.03. The van der Waals surface area contributed by atoms with Crippen molar-refractivity contribution in [1.82, 2.24) is 0 Å². The van der Waals surface area contributed by atoms with E-state index in [1.54, 1.807) is 0 Å². The first-order chi connectivity index (χ1) is 10.2. The van der Waals surface area contributed by atoms with Gasteiger partial charge in [-0.3, -0.25) is 4.79 Å². The van der Waals surface area contributed by atoms with Gasteiger partial charge in [-0.05, 0) is 39.0 Å². The Morgan fingerprint density at radius 2 is 1.90 bits per heavy atom. The number of ether oxygens (including phenoxy) is 2. The molecule has 1 fully saturated rings. The molecule has 0 amide bonds. The van der Waals surface area contributed by atoms with Gasteiger partial charge in [0.15, 0.2) is 0 Å². The zero-order valence-corrected chi connectivity index (χ0v) is 14.1. The number of carbonyl (C=O) groups is 1. The summed E-state index contributed by atoms with van der Waals surface area (Å²) in [6, 6.07) is 0. The van der Waals surface area contributed by atoms with Crippen molar-refractivity contribution < 1.29 is 14.3 Å². The summed E-state index contributed by atoms with van der Waals surface area (Å²) in [5.41, 5.74) is 0. The fourth-order valence-electron chi connectivity index (χ4n) is 2.86. The maximum Gasteiger partial charge on any atom is 0.306 e.